The number of ether oxygens (including phenoxy) is 1. The van der Waals surface area contributed by atoms with Crippen LogP contribution in [0.1, 0.15) is 5.56 Å². The second-order valence-corrected chi connectivity index (χ2v) is 5.80. The van der Waals surface area contributed by atoms with E-state index in [1.807, 2.05) is 0 Å². The Bertz CT molecular complexity index is 781. The average molecular weight is 294 g/mol. The van der Waals surface area contributed by atoms with Crippen LogP contribution in [-0.2, 0) is 10.0 Å². The molecule has 0 fully saturated rings. The smallest absolute Gasteiger partial charge is 0.272 e. The molecule has 0 aliphatic carbocycles. The molecule has 0 bridgehead atoms. The molecule has 2 rings (SSSR count). The van der Waals surface area contributed by atoms with E-state index >= 15 is 0 Å². The summed E-state index contributed by atoms with van der Waals surface area (Å²) in [6.07, 6.45) is 1.43. The average Bonchev–Trinajstić information content (AvgIpc) is 2.40. The van der Waals surface area contributed by atoms with Gasteiger partial charge >= 0.3 is 0 Å². The van der Waals surface area contributed by atoms with Gasteiger partial charge in [0.15, 0.2) is 0 Å². The monoisotopic (exact) mass is 294 g/mol. The van der Waals surface area contributed by atoms with Gasteiger partial charge in [0.25, 0.3) is 15.6 Å². The third kappa shape index (κ3) is 2.83. The largest absolute Gasteiger partial charge is 0.497 e. The zero-order chi connectivity index (χ0) is 14.8. The van der Waals surface area contributed by atoms with Gasteiger partial charge in [-0.1, -0.05) is 0 Å². The molecule has 1 aromatic heterocycles. The Labute approximate surface area is 116 Å². The first kappa shape index (κ1) is 14.1. The molecule has 0 unspecified atom stereocenters. The van der Waals surface area contributed by atoms with Gasteiger partial charge in [0.05, 0.1) is 12.0 Å². The van der Waals surface area contributed by atoms with Gasteiger partial charge in [0.2, 0.25) is 0 Å². The number of anilines is 1. The summed E-state index contributed by atoms with van der Waals surface area (Å²) in [6.45, 7) is 1.66. The van der Waals surface area contributed by atoms with Crippen molar-refractivity contribution in [3.05, 3.63) is 52.4 Å². The Kier molecular flexibility index (Phi) is 3.80. The Morgan fingerprint density at radius 2 is 2.00 bits per heavy atom. The molecule has 0 saturated carbocycles. The van der Waals surface area contributed by atoms with Crippen molar-refractivity contribution in [3.8, 4) is 5.75 Å². The second-order valence-electron chi connectivity index (χ2n) is 4.15. The van der Waals surface area contributed by atoms with Gasteiger partial charge in [-0.25, -0.2) is 8.42 Å². The number of aryl methyl sites for hydroxylation is 1. The van der Waals surface area contributed by atoms with Crippen molar-refractivity contribution in [1.29, 1.82) is 0 Å². The molecule has 2 aromatic rings. The highest BCUT2D eigenvalue weighted by atomic mass is 32.2. The van der Waals surface area contributed by atoms with E-state index in [9.17, 15) is 13.2 Å². The van der Waals surface area contributed by atoms with Crippen molar-refractivity contribution in [1.82, 2.24) is 4.98 Å². The SMILES string of the molecule is COc1ccc(S(=O)(=O)Nc2ccc[nH]c2=O)c(C)c1. The summed E-state index contributed by atoms with van der Waals surface area (Å²) in [5.74, 6) is 0.569. The molecule has 2 N–H and O–H groups in total. The van der Waals surface area contributed by atoms with E-state index in [2.05, 4.69) is 9.71 Å². The van der Waals surface area contributed by atoms with Gasteiger partial charge in [-0.15, -0.1) is 0 Å². The Balaban J connectivity index is 2.41. The van der Waals surface area contributed by atoms with Gasteiger partial charge in [0.1, 0.15) is 11.4 Å². The maximum absolute atomic E-state index is 12.3. The van der Waals surface area contributed by atoms with E-state index in [-0.39, 0.29) is 10.6 Å². The summed E-state index contributed by atoms with van der Waals surface area (Å²) in [4.78, 5) is 14.0. The minimum absolute atomic E-state index is 0.0253. The highest BCUT2D eigenvalue weighted by Crippen LogP contribution is 2.22. The molecule has 7 heteroatoms. The number of aromatic nitrogens is 1. The first-order chi connectivity index (χ1) is 9.44. The number of nitrogens with one attached hydrogen (secondary N) is 2. The van der Waals surface area contributed by atoms with Crippen LogP contribution in [0.2, 0.25) is 0 Å². The molecule has 1 heterocycles. The van der Waals surface area contributed by atoms with Gasteiger partial charge in [-0.05, 0) is 42.8 Å². The highest BCUT2D eigenvalue weighted by Gasteiger charge is 2.18. The van der Waals surface area contributed by atoms with Crippen molar-refractivity contribution in [3.63, 3.8) is 0 Å². The minimum Gasteiger partial charge on any atom is -0.497 e. The quantitative estimate of drug-likeness (QED) is 0.894. The van der Waals surface area contributed by atoms with Crippen LogP contribution >= 0.6 is 0 Å². The fourth-order valence-electron chi connectivity index (χ4n) is 1.75. The van der Waals surface area contributed by atoms with Crippen LogP contribution in [0.4, 0.5) is 5.69 Å². The maximum atomic E-state index is 12.3. The van der Waals surface area contributed by atoms with Crippen molar-refractivity contribution in [2.24, 2.45) is 0 Å². The first-order valence-corrected chi connectivity index (χ1v) is 7.27. The van der Waals surface area contributed by atoms with Crippen molar-refractivity contribution in [2.75, 3.05) is 11.8 Å². The van der Waals surface area contributed by atoms with Crippen LogP contribution < -0.4 is 15.0 Å². The normalized spacial score (nSPS) is 11.1. The van der Waals surface area contributed by atoms with E-state index in [0.29, 0.717) is 11.3 Å². The number of hydrogen-bond acceptors (Lipinski definition) is 4. The molecule has 0 saturated heterocycles. The summed E-state index contributed by atoms with van der Waals surface area (Å²) >= 11 is 0. The van der Waals surface area contributed by atoms with Crippen LogP contribution in [-0.4, -0.2) is 20.5 Å². The molecule has 0 aliphatic rings. The summed E-state index contributed by atoms with van der Waals surface area (Å²) in [6, 6.07) is 7.55. The van der Waals surface area contributed by atoms with Gasteiger partial charge in [-0.3, -0.25) is 9.52 Å². The predicted octanol–water partition coefficient (Wildman–Crippen LogP) is 1.49. The van der Waals surface area contributed by atoms with Crippen LogP contribution in [0.25, 0.3) is 0 Å². The maximum Gasteiger partial charge on any atom is 0.272 e. The molecular formula is C13H14N2O4S. The second kappa shape index (κ2) is 5.38. The van der Waals surface area contributed by atoms with Gasteiger partial charge < -0.3 is 9.72 Å². The molecule has 6 nitrogen and oxygen atoms in total. The molecule has 0 aliphatic heterocycles. The van der Waals surface area contributed by atoms with E-state index in [0.717, 1.165) is 0 Å². The Morgan fingerprint density at radius 3 is 2.60 bits per heavy atom. The van der Waals surface area contributed by atoms with E-state index < -0.39 is 15.6 Å². The van der Waals surface area contributed by atoms with E-state index in [1.54, 1.807) is 25.1 Å². The number of sulfonamides is 1. The molecule has 20 heavy (non-hydrogen) atoms. The number of rotatable bonds is 4. The number of pyridine rings is 1. The molecule has 0 atom stereocenters. The highest BCUT2D eigenvalue weighted by molar-refractivity contribution is 7.92. The fraction of sp³-hybridized carbons (Fsp3) is 0.154. The lowest BCUT2D eigenvalue weighted by Crippen LogP contribution is -2.20. The standard InChI is InChI=1S/C13H14N2O4S/c1-9-8-10(19-2)5-6-12(9)20(17,18)15-11-4-3-7-14-13(11)16/h3-8,15H,1-2H3,(H,14,16). The lowest BCUT2D eigenvalue weighted by Gasteiger charge is -2.10. The molecule has 0 amide bonds. The lowest BCUT2D eigenvalue weighted by atomic mass is 10.2. The first-order valence-electron chi connectivity index (χ1n) is 5.79. The summed E-state index contributed by atoms with van der Waals surface area (Å²) < 4.78 is 31.8. The number of aromatic amines is 1. The summed E-state index contributed by atoms with van der Waals surface area (Å²) in [5.41, 5.74) is 0.00849. The van der Waals surface area contributed by atoms with Crippen LogP contribution in [0.15, 0.2) is 46.2 Å². The molecule has 106 valence electrons. The van der Waals surface area contributed by atoms with Crippen molar-refractivity contribution in [2.45, 2.75) is 11.8 Å². The number of hydrogen-bond donors (Lipinski definition) is 2. The van der Waals surface area contributed by atoms with Crippen molar-refractivity contribution < 1.29 is 13.2 Å². The van der Waals surface area contributed by atoms with Crippen molar-refractivity contribution >= 4 is 15.7 Å². The minimum atomic E-state index is -3.82. The van der Waals surface area contributed by atoms with E-state index in [4.69, 9.17) is 4.74 Å². The molecular weight excluding hydrogens is 280 g/mol. The van der Waals surface area contributed by atoms with Gasteiger partial charge in [0, 0.05) is 6.20 Å². The molecule has 1 aromatic carbocycles. The number of methoxy groups -OCH3 is 1. The van der Waals surface area contributed by atoms with Crippen LogP contribution in [0.5, 0.6) is 5.75 Å². The predicted molar refractivity (Wildman–Crippen MR) is 75.6 cm³/mol. The Hall–Kier alpha value is -2.28. The van der Waals surface area contributed by atoms with Gasteiger partial charge in [-0.2, -0.15) is 0 Å². The third-order valence-electron chi connectivity index (χ3n) is 2.73. The summed E-state index contributed by atoms with van der Waals surface area (Å²) in [7, 11) is -2.31. The molecule has 0 spiro atoms. The summed E-state index contributed by atoms with van der Waals surface area (Å²) in [5, 5.41) is 0. The zero-order valence-corrected chi connectivity index (χ0v) is 11.8. The van der Waals surface area contributed by atoms with Crippen LogP contribution in [0, 0.1) is 6.92 Å². The number of H-pyrrole nitrogens is 1. The topological polar surface area (TPSA) is 88.3 Å². The molecule has 0 radical (unpaired) electrons. The zero-order valence-electron chi connectivity index (χ0n) is 11.0. The Morgan fingerprint density at radius 1 is 1.25 bits per heavy atom. The fourth-order valence-corrected chi connectivity index (χ4v) is 3.04. The number of benzene rings is 1. The van der Waals surface area contributed by atoms with E-state index in [1.165, 1.54) is 25.4 Å². The lowest BCUT2D eigenvalue weighted by molar-refractivity contribution is 0.414. The van der Waals surface area contributed by atoms with Crippen LogP contribution in [0.3, 0.4) is 0 Å². The third-order valence-corrected chi connectivity index (χ3v) is 4.26.